The van der Waals surface area contributed by atoms with Crippen LogP contribution in [0.3, 0.4) is 0 Å². The zero-order valence-electron chi connectivity index (χ0n) is 7.66. The summed E-state index contributed by atoms with van der Waals surface area (Å²) in [6.45, 7) is 0. The Morgan fingerprint density at radius 3 is 2.87 bits per heavy atom. The number of nitrogen functional groups attached to an aromatic ring is 1. The summed E-state index contributed by atoms with van der Waals surface area (Å²) in [5.74, 6) is -1.00. The first-order valence-corrected chi connectivity index (χ1v) is 4.16. The van der Waals surface area contributed by atoms with E-state index in [1.165, 1.54) is 35.5 Å². The third kappa shape index (κ3) is 1.64. The monoisotopic (exact) mass is 204 g/mol. The van der Waals surface area contributed by atoms with Crippen LogP contribution in [0.25, 0.3) is 5.69 Å². The van der Waals surface area contributed by atoms with Crippen molar-refractivity contribution in [3.05, 3.63) is 36.4 Å². The van der Waals surface area contributed by atoms with Crippen molar-refractivity contribution in [1.82, 2.24) is 14.8 Å². The van der Waals surface area contributed by atoms with Crippen molar-refractivity contribution in [3.8, 4) is 5.69 Å². The Labute approximate surface area is 85.0 Å². The van der Waals surface area contributed by atoms with E-state index in [9.17, 15) is 4.79 Å². The molecule has 0 radical (unpaired) electrons. The van der Waals surface area contributed by atoms with Crippen molar-refractivity contribution in [2.24, 2.45) is 0 Å². The minimum Gasteiger partial charge on any atom is -0.478 e. The lowest BCUT2D eigenvalue weighted by Crippen LogP contribution is -2.04. The van der Waals surface area contributed by atoms with E-state index in [4.69, 9.17) is 10.8 Å². The second kappa shape index (κ2) is 3.41. The topological polar surface area (TPSA) is 94.0 Å². The minimum atomic E-state index is -1.00. The molecule has 0 atom stereocenters. The molecule has 1 heterocycles. The highest BCUT2D eigenvalue weighted by atomic mass is 16.4. The van der Waals surface area contributed by atoms with Crippen molar-refractivity contribution in [2.75, 3.05) is 5.73 Å². The van der Waals surface area contributed by atoms with E-state index in [0.29, 0.717) is 11.4 Å². The van der Waals surface area contributed by atoms with Crippen LogP contribution in [0, 0.1) is 0 Å². The molecule has 76 valence electrons. The Kier molecular flexibility index (Phi) is 2.09. The molecule has 0 unspecified atom stereocenters. The molecular formula is C9H8N4O2. The standard InChI is InChI=1S/C9H8N4O2/c10-7-2-1-6(9(14)15)3-8(7)13-5-11-4-12-13/h1-5H,10H2,(H,14,15). The van der Waals surface area contributed by atoms with E-state index in [1.807, 2.05) is 0 Å². The average molecular weight is 204 g/mol. The Hall–Kier alpha value is -2.37. The van der Waals surface area contributed by atoms with Gasteiger partial charge in [-0.1, -0.05) is 0 Å². The van der Waals surface area contributed by atoms with Gasteiger partial charge in [-0.05, 0) is 18.2 Å². The third-order valence-electron chi connectivity index (χ3n) is 1.94. The fraction of sp³-hybridized carbons (Fsp3) is 0. The van der Waals surface area contributed by atoms with Gasteiger partial charge in [0.15, 0.2) is 0 Å². The third-order valence-corrected chi connectivity index (χ3v) is 1.94. The number of benzene rings is 1. The summed E-state index contributed by atoms with van der Waals surface area (Å²) < 4.78 is 1.42. The van der Waals surface area contributed by atoms with E-state index in [2.05, 4.69) is 10.1 Å². The number of aromatic nitrogens is 3. The summed E-state index contributed by atoms with van der Waals surface area (Å²) in [4.78, 5) is 14.5. The molecule has 0 fully saturated rings. The van der Waals surface area contributed by atoms with E-state index in [1.54, 1.807) is 0 Å². The lowest BCUT2D eigenvalue weighted by atomic mass is 10.2. The summed E-state index contributed by atoms with van der Waals surface area (Å²) in [5, 5.41) is 12.7. The first kappa shape index (κ1) is 9.20. The van der Waals surface area contributed by atoms with Crippen molar-refractivity contribution in [3.63, 3.8) is 0 Å². The summed E-state index contributed by atoms with van der Waals surface area (Å²) in [6.07, 6.45) is 2.81. The van der Waals surface area contributed by atoms with Gasteiger partial charge in [-0.3, -0.25) is 0 Å². The van der Waals surface area contributed by atoms with Crippen LogP contribution in [0.2, 0.25) is 0 Å². The van der Waals surface area contributed by atoms with Gasteiger partial charge in [0.2, 0.25) is 0 Å². The van der Waals surface area contributed by atoms with Crippen molar-refractivity contribution in [1.29, 1.82) is 0 Å². The predicted molar refractivity (Wildman–Crippen MR) is 52.7 cm³/mol. The summed E-state index contributed by atoms with van der Waals surface area (Å²) >= 11 is 0. The number of rotatable bonds is 2. The van der Waals surface area contributed by atoms with Crippen molar-refractivity contribution >= 4 is 11.7 Å². The maximum absolute atomic E-state index is 10.7. The highest BCUT2D eigenvalue weighted by Gasteiger charge is 2.08. The molecule has 0 bridgehead atoms. The SMILES string of the molecule is Nc1ccc(C(=O)O)cc1-n1cncn1. The molecule has 0 aliphatic carbocycles. The summed E-state index contributed by atoms with van der Waals surface area (Å²) in [7, 11) is 0. The maximum Gasteiger partial charge on any atom is 0.335 e. The molecule has 0 aliphatic heterocycles. The van der Waals surface area contributed by atoms with E-state index < -0.39 is 5.97 Å². The zero-order valence-corrected chi connectivity index (χ0v) is 7.66. The largest absolute Gasteiger partial charge is 0.478 e. The van der Waals surface area contributed by atoms with Crippen LogP contribution < -0.4 is 5.73 Å². The Morgan fingerprint density at radius 1 is 1.47 bits per heavy atom. The van der Waals surface area contributed by atoms with Gasteiger partial charge < -0.3 is 10.8 Å². The van der Waals surface area contributed by atoms with E-state index in [0.717, 1.165) is 0 Å². The van der Waals surface area contributed by atoms with Gasteiger partial charge >= 0.3 is 5.97 Å². The number of carboxylic acid groups (broad SMARTS) is 1. The molecule has 1 aromatic heterocycles. The first-order chi connectivity index (χ1) is 7.18. The molecule has 3 N–H and O–H groups in total. The number of hydrogen-bond donors (Lipinski definition) is 2. The van der Waals surface area contributed by atoms with Crippen LogP contribution in [0.15, 0.2) is 30.9 Å². The van der Waals surface area contributed by atoms with Gasteiger partial charge in [-0.2, -0.15) is 5.10 Å². The molecule has 15 heavy (non-hydrogen) atoms. The Balaban J connectivity index is 2.55. The fourth-order valence-electron chi connectivity index (χ4n) is 1.21. The van der Waals surface area contributed by atoms with Gasteiger partial charge in [0.05, 0.1) is 16.9 Å². The first-order valence-electron chi connectivity index (χ1n) is 4.16. The van der Waals surface area contributed by atoms with Gasteiger partial charge in [0.25, 0.3) is 0 Å². The quantitative estimate of drug-likeness (QED) is 0.696. The minimum absolute atomic E-state index is 0.162. The number of nitrogens with zero attached hydrogens (tertiary/aromatic N) is 3. The molecule has 2 aromatic rings. The van der Waals surface area contributed by atoms with Gasteiger partial charge in [0.1, 0.15) is 12.7 Å². The number of carboxylic acids is 1. The maximum atomic E-state index is 10.7. The van der Waals surface area contributed by atoms with Crippen LogP contribution >= 0.6 is 0 Å². The number of carbonyl (C=O) groups is 1. The number of anilines is 1. The van der Waals surface area contributed by atoms with Gasteiger partial charge in [-0.25, -0.2) is 14.5 Å². The number of nitrogens with two attached hydrogens (primary N) is 1. The van der Waals surface area contributed by atoms with E-state index >= 15 is 0 Å². The van der Waals surface area contributed by atoms with Crippen LogP contribution in [-0.2, 0) is 0 Å². The summed E-state index contributed by atoms with van der Waals surface area (Å²) in [6, 6.07) is 4.42. The zero-order chi connectivity index (χ0) is 10.8. The van der Waals surface area contributed by atoms with Crippen LogP contribution in [0.1, 0.15) is 10.4 Å². The molecule has 0 spiro atoms. The highest BCUT2D eigenvalue weighted by Crippen LogP contribution is 2.17. The molecule has 1 aromatic carbocycles. The van der Waals surface area contributed by atoms with Gasteiger partial charge in [-0.15, -0.1) is 0 Å². The Bertz CT molecular complexity index is 493. The van der Waals surface area contributed by atoms with Crippen LogP contribution in [-0.4, -0.2) is 25.8 Å². The molecule has 0 amide bonds. The molecule has 2 rings (SSSR count). The smallest absolute Gasteiger partial charge is 0.335 e. The summed E-state index contributed by atoms with van der Waals surface area (Å²) in [5.41, 5.74) is 6.82. The second-order valence-corrected chi connectivity index (χ2v) is 2.92. The van der Waals surface area contributed by atoms with Crippen LogP contribution in [0.5, 0.6) is 0 Å². The van der Waals surface area contributed by atoms with Crippen molar-refractivity contribution in [2.45, 2.75) is 0 Å². The fourth-order valence-corrected chi connectivity index (χ4v) is 1.21. The molecule has 6 nitrogen and oxygen atoms in total. The average Bonchev–Trinajstić information content (AvgIpc) is 2.71. The highest BCUT2D eigenvalue weighted by molar-refractivity contribution is 5.89. The van der Waals surface area contributed by atoms with Gasteiger partial charge in [0, 0.05) is 0 Å². The normalized spacial score (nSPS) is 10.1. The van der Waals surface area contributed by atoms with E-state index in [-0.39, 0.29) is 5.56 Å². The van der Waals surface area contributed by atoms with Crippen molar-refractivity contribution < 1.29 is 9.90 Å². The number of aromatic carboxylic acids is 1. The molecule has 6 heteroatoms. The molecule has 0 aliphatic rings. The lowest BCUT2D eigenvalue weighted by Gasteiger charge is -2.05. The predicted octanol–water partition coefficient (Wildman–Crippen LogP) is 0.548. The second-order valence-electron chi connectivity index (χ2n) is 2.92. The lowest BCUT2D eigenvalue weighted by molar-refractivity contribution is 0.0697. The number of hydrogen-bond acceptors (Lipinski definition) is 4. The molecule has 0 saturated carbocycles. The molecule has 0 saturated heterocycles. The van der Waals surface area contributed by atoms with Crippen LogP contribution in [0.4, 0.5) is 5.69 Å². The molecular weight excluding hydrogens is 196 g/mol. The Morgan fingerprint density at radius 2 is 2.27 bits per heavy atom.